The van der Waals surface area contributed by atoms with Crippen LogP contribution >= 0.6 is 0 Å². The van der Waals surface area contributed by atoms with Crippen LogP contribution in [0.25, 0.3) is 0 Å². The fourth-order valence-corrected chi connectivity index (χ4v) is 3.77. The highest BCUT2D eigenvalue weighted by atomic mass is 16.2. The number of aromatic amines is 1. The summed E-state index contributed by atoms with van der Waals surface area (Å²) in [5.74, 6) is -1.02. The summed E-state index contributed by atoms with van der Waals surface area (Å²) >= 11 is 0. The summed E-state index contributed by atoms with van der Waals surface area (Å²) in [6.07, 6.45) is 0.591. The van der Waals surface area contributed by atoms with Gasteiger partial charge in [-0.2, -0.15) is 5.10 Å². The molecule has 4 amide bonds. The lowest BCUT2D eigenvalue weighted by molar-refractivity contribution is -0.132. The molecule has 2 aromatic rings. The molecule has 0 aliphatic carbocycles. The predicted octanol–water partition coefficient (Wildman–Crippen LogP) is 0.131. The number of hydrogen-bond acceptors (Lipinski definition) is 6. The lowest BCUT2D eigenvalue weighted by Crippen LogP contribution is -2.50. The van der Waals surface area contributed by atoms with Crippen LogP contribution in [-0.4, -0.2) is 81.2 Å². The summed E-state index contributed by atoms with van der Waals surface area (Å²) in [6.45, 7) is 1.70. The number of rotatable bonds is 5. The second-order valence-corrected chi connectivity index (χ2v) is 7.39. The number of nitrogens with zero attached hydrogens (tertiary/aromatic N) is 4. The van der Waals surface area contributed by atoms with Crippen molar-refractivity contribution in [2.45, 2.75) is 12.8 Å². The molecular weight excluding hydrogens is 402 g/mol. The van der Waals surface area contributed by atoms with Gasteiger partial charge in [0.05, 0.1) is 11.1 Å². The molecule has 10 heteroatoms. The third kappa shape index (κ3) is 4.09. The molecule has 0 spiro atoms. The number of H-pyrrole nitrogens is 1. The van der Waals surface area contributed by atoms with Crippen LogP contribution in [-0.2, 0) is 4.79 Å². The minimum atomic E-state index is -0.381. The molecule has 4 rings (SSSR count). The molecule has 1 aromatic heterocycles. The van der Waals surface area contributed by atoms with Gasteiger partial charge in [-0.15, -0.1) is 0 Å². The van der Waals surface area contributed by atoms with Crippen molar-refractivity contribution in [3.63, 3.8) is 0 Å². The van der Waals surface area contributed by atoms with E-state index in [1.165, 1.54) is 17.0 Å². The molecule has 2 aliphatic rings. The van der Waals surface area contributed by atoms with E-state index in [1.54, 1.807) is 34.1 Å². The number of nitrogens with one attached hydrogen (secondary N) is 1. The quantitative estimate of drug-likeness (QED) is 0.682. The molecule has 1 saturated heterocycles. The minimum Gasteiger partial charge on any atom is -0.339 e. The number of fused-ring (bicyclic) bond motifs is 1. The maximum atomic E-state index is 12.5. The van der Waals surface area contributed by atoms with Crippen molar-refractivity contribution < 1.29 is 19.2 Å². The second-order valence-electron chi connectivity index (χ2n) is 7.39. The van der Waals surface area contributed by atoms with Crippen LogP contribution in [0, 0.1) is 0 Å². The summed E-state index contributed by atoms with van der Waals surface area (Å²) in [6, 6.07) is 9.31. The monoisotopic (exact) mass is 423 g/mol. The van der Waals surface area contributed by atoms with Crippen molar-refractivity contribution in [3.8, 4) is 0 Å². The van der Waals surface area contributed by atoms with Crippen LogP contribution in [0.3, 0.4) is 0 Å². The Kier molecular flexibility index (Phi) is 5.61. The van der Waals surface area contributed by atoms with Crippen LogP contribution in [0.1, 0.15) is 44.0 Å². The fourth-order valence-electron chi connectivity index (χ4n) is 3.77. The molecule has 1 aromatic carbocycles. The van der Waals surface area contributed by atoms with Gasteiger partial charge < -0.3 is 9.80 Å². The zero-order valence-corrected chi connectivity index (χ0v) is 16.7. The van der Waals surface area contributed by atoms with Gasteiger partial charge >= 0.3 is 0 Å². The van der Waals surface area contributed by atoms with Gasteiger partial charge in [0.25, 0.3) is 23.3 Å². The van der Waals surface area contributed by atoms with E-state index in [2.05, 4.69) is 10.2 Å². The first kappa shape index (κ1) is 20.5. The predicted molar refractivity (Wildman–Crippen MR) is 108 cm³/mol. The SMILES string of the molecule is O=C(CCCN1C(=O)c2ccccc2C1=O)N1CCN(C(=O)c2ccc(=O)[nH]n2)CC1. The number of imide groups is 1. The minimum absolute atomic E-state index is 0.0779. The Balaban J connectivity index is 1.24. The Hall–Kier alpha value is -3.82. The van der Waals surface area contributed by atoms with Gasteiger partial charge in [0.1, 0.15) is 5.69 Å². The summed E-state index contributed by atoms with van der Waals surface area (Å²) in [4.78, 5) is 65.2. The maximum absolute atomic E-state index is 12.5. The van der Waals surface area contributed by atoms with Gasteiger partial charge in [0.15, 0.2) is 0 Å². The van der Waals surface area contributed by atoms with E-state index in [9.17, 15) is 24.0 Å². The molecule has 0 atom stereocenters. The summed E-state index contributed by atoms with van der Waals surface area (Å²) < 4.78 is 0. The third-order valence-corrected chi connectivity index (χ3v) is 5.47. The molecule has 1 N–H and O–H groups in total. The molecule has 3 heterocycles. The normalized spacial score (nSPS) is 15.9. The molecule has 0 radical (unpaired) electrons. The van der Waals surface area contributed by atoms with E-state index in [1.807, 2.05) is 0 Å². The number of hydrogen-bond donors (Lipinski definition) is 1. The Bertz CT molecular complexity index is 1050. The van der Waals surface area contributed by atoms with Gasteiger partial charge in [0, 0.05) is 45.2 Å². The second kappa shape index (κ2) is 8.50. The number of piperazine rings is 1. The number of amides is 4. The number of benzene rings is 1. The van der Waals surface area contributed by atoms with Gasteiger partial charge in [-0.25, -0.2) is 5.10 Å². The summed E-state index contributed by atoms with van der Waals surface area (Å²) in [5.41, 5.74) is 0.571. The topological polar surface area (TPSA) is 124 Å². The first-order valence-corrected chi connectivity index (χ1v) is 10.0. The summed E-state index contributed by atoms with van der Waals surface area (Å²) in [5, 5.41) is 5.98. The third-order valence-electron chi connectivity index (χ3n) is 5.47. The van der Waals surface area contributed by atoms with E-state index < -0.39 is 0 Å². The van der Waals surface area contributed by atoms with Crippen LogP contribution < -0.4 is 5.56 Å². The highest BCUT2D eigenvalue weighted by Gasteiger charge is 2.34. The van der Waals surface area contributed by atoms with Crippen LogP contribution in [0.5, 0.6) is 0 Å². The first-order chi connectivity index (χ1) is 15.0. The zero-order chi connectivity index (χ0) is 22.0. The lowest BCUT2D eigenvalue weighted by atomic mass is 10.1. The number of carbonyl (C=O) groups is 4. The van der Waals surface area contributed by atoms with Gasteiger partial charge in [-0.05, 0) is 24.6 Å². The maximum Gasteiger partial charge on any atom is 0.274 e. The van der Waals surface area contributed by atoms with E-state index in [0.29, 0.717) is 43.7 Å². The van der Waals surface area contributed by atoms with Gasteiger partial charge in [0.2, 0.25) is 5.91 Å². The molecule has 0 unspecified atom stereocenters. The van der Waals surface area contributed by atoms with Crippen molar-refractivity contribution in [1.82, 2.24) is 24.9 Å². The molecule has 0 saturated carbocycles. The van der Waals surface area contributed by atoms with Crippen LogP contribution in [0.2, 0.25) is 0 Å². The molecule has 1 fully saturated rings. The molecule has 160 valence electrons. The lowest BCUT2D eigenvalue weighted by Gasteiger charge is -2.34. The number of aromatic nitrogens is 2. The molecule has 31 heavy (non-hydrogen) atoms. The fraction of sp³-hybridized carbons (Fsp3) is 0.333. The van der Waals surface area contributed by atoms with Crippen LogP contribution in [0.4, 0.5) is 0 Å². The van der Waals surface area contributed by atoms with Gasteiger partial charge in [-0.3, -0.25) is 28.9 Å². The Labute approximate surface area is 177 Å². The first-order valence-electron chi connectivity index (χ1n) is 10.0. The van der Waals surface area contributed by atoms with E-state index in [-0.39, 0.29) is 47.8 Å². The molecule has 2 aliphatic heterocycles. The standard InChI is InChI=1S/C21H21N5O5/c27-17-8-7-16(22-23-17)21(31)25-12-10-24(11-13-25)18(28)6-3-9-26-19(29)14-4-1-2-5-15(14)20(26)30/h1-2,4-5,7-8H,3,6,9-13H2,(H,23,27). The van der Waals surface area contributed by atoms with E-state index in [4.69, 9.17) is 0 Å². The van der Waals surface area contributed by atoms with Crippen molar-refractivity contribution in [2.75, 3.05) is 32.7 Å². The molecule has 10 nitrogen and oxygen atoms in total. The average molecular weight is 423 g/mol. The smallest absolute Gasteiger partial charge is 0.274 e. The van der Waals surface area contributed by atoms with E-state index >= 15 is 0 Å². The highest BCUT2D eigenvalue weighted by Crippen LogP contribution is 2.22. The van der Waals surface area contributed by atoms with Gasteiger partial charge in [-0.1, -0.05) is 12.1 Å². The van der Waals surface area contributed by atoms with E-state index in [0.717, 1.165) is 0 Å². The largest absolute Gasteiger partial charge is 0.339 e. The van der Waals surface area contributed by atoms with Crippen molar-refractivity contribution in [2.24, 2.45) is 0 Å². The highest BCUT2D eigenvalue weighted by molar-refractivity contribution is 6.21. The van der Waals surface area contributed by atoms with Crippen molar-refractivity contribution >= 4 is 23.6 Å². The van der Waals surface area contributed by atoms with Crippen molar-refractivity contribution in [1.29, 1.82) is 0 Å². The molecular formula is C21H21N5O5. The summed E-state index contributed by atoms with van der Waals surface area (Å²) in [7, 11) is 0. The Morgan fingerprint density at radius 1 is 0.871 bits per heavy atom. The zero-order valence-electron chi connectivity index (χ0n) is 16.7. The van der Waals surface area contributed by atoms with Crippen LogP contribution in [0.15, 0.2) is 41.2 Å². The van der Waals surface area contributed by atoms with Crippen molar-refractivity contribution in [3.05, 3.63) is 63.6 Å². The Morgan fingerprint density at radius 3 is 2.06 bits per heavy atom. The molecule has 0 bridgehead atoms. The Morgan fingerprint density at radius 2 is 1.48 bits per heavy atom. The number of carbonyl (C=O) groups excluding carboxylic acids is 4. The average Bonchev–Trinajstić information content (AvgIpc) is 3.04.